The standard InChI is InChI=1S/C20H24N2O5S/c1-21(27-3)28(24,25)19-6-4-5-16(13-19)20(23)22(17-9-10-17)14-15-7-11-18(26-2)12-8-15/h4-8,11-13,17H,9-10,14H2,1-3H3. The molecule has 2 aromatic carbocycles. The van der Waals surface area contributed by atoms with Gasteiger partial charge in [-0.3, -0.25) is 9.63 Å². The Bertz CT molecular complexity index is 939. The number of carbonyl (C=O) groups is 1. The zero-order valence-corrected chi connectivity index (χ0v) is 17.0. The smallest absolute Gasteiger partial charge is 0.264 e. The maximum Gasteiger partial charge on any atom is 0.264 e. The van der Waals surface area contributed by atoms with E-state index in [1.807, 2.05) is 24.3 Å². The van der Waals surface area contributed by atoms with Gasteiger partial charge >= 0.3 is 0 Å². The van der Waals surface area contributed by atoms with E-state index in [4.69, 9.17) is 9.57 Å². The fourth-order valence-electron chi connectivity index (χ4n) is 2.88. The predicted octanol–water partition coefficient (Wildman–Crippen LogP) is 2.68. The van der Waals surface area contributed by atoms with Gasteiger partial charge in [0.15, 0.2) is 0 Å². The Morgan fingerprint density at radius 1 is 1.11 bits per heavy atom. The van der Waals surface area contributed by atoms with E-state index in [1.165, 1.54) is 26.3 Å². The molecule has 0 saturated heterocycles. The molecular formula is C20H24N2O5S. The zero-order chi connectivity index (χ0) is 20.3. The van der Waals surface area contributed by atoms with E-state index >= 15 is 0 Å². The summed E-state index contributed by atoms with van der Waals surface area (Å²) in [6.45, 7) is 0.461. The molecule has 8 heteroatoms. The summed E-state index contributed by atoms with van der Waals surface area (Å²) in [5.41, 5.74) is 1.33. The maximum atomic E-state index is 13.1. The zero-order valence-electron chi connectivity index (χ0n) is 16.2. The molecular weight excluding hydrogens is 380 g/mol. The Labute approximate surface area is 165 Å². The summed E-state index contributed by atoms with van der Waals surface area (Å²) in [6, 6.07) is 13.8. The largest absolute Gasteiger partial charge is 0.497 e. The molecule has 7 nitrogen and oxygen atoms in total. The molecule has 0 atom stereocenters. The minimum Gasteiger partial charge on any atom is -0.497 e. The van der Waals surface area contributed by atoms with E-state index in [2.05, 4.69) is 0 Å². The molecule has 0 heterocycles. The fourth-order valence-corrected chi connectivity index (χ4v) is 3.90. The second kappa shape index (κ2) is 8.30. The second-order valence-electron chi connectivity index (χ2n) is 6.64. The van der Waals surface area contributed by atoms with Crippen LogP contribution >= 0.6 is 0 Å². The van der Waals surface area contributed by atoms with Crippen LogP contribution in [0.1, 0.15) is 28.8 Å². The van der Waals surface area contributed by atoms with Crippen molar-refractivity contribution in [1.29, 1.82) is 0 Å². The van der Waals surface area contributed by atoms with Gasteiger partial charge in [-0.2, -0.15) is 0 Å². The first-order valence-electron chi connectivity index (χ1n) is 8.94. The van der Waals surface area contributed by atoms with Gasteiger partial charge in [-0.1, -0.05) is 22.7 Å². The van der Waals surface area contributed by atoms with Crippen molar-refractivity contribution in [2.75, 3.05) is 21.3 Å². The van der Waals surface area contributed by atoms with Crippen LogP contribution in [0.4, 0.5) is 0 Å². The Hall–Kier alpha value is -2.42. The third-order valence-corrected chi connectivity index (χ3v) is 6.41. The summed E-state index contributed by atoms with van der Waals surface area (Å²) in [5, 5.41) is 0. The number of ether oxygens (including phenoxy) is 1. The molecule has 0 unspecified atom stereocenters. The van der Waals surface area contributed by atoms with Gasteiger partial charge in [0.25, 0.3) is 15.9 Å². The van der Waals surface area contributed by atoms with E-state index in [9.17, 15) is 13.2 Å². The van der Waals surface area contributed by atoms with Crippen LogP contribution in [0.3, 0.4) is 0 Å². The van der Waals surface area contributed by atoms with Gasteiger partial charge in [-0.05, 0) is 48.7 Å². The highest BCUT2D eigenvalue weighted by Gasteiger charge is 2.33. The van der Waals surface area contributed by atoms with Crippen LogP contribution in [0, 0.1) is 0 Å². The van der Waals surface area contributed by atoms with E-state index < -0.39 is 10.0 Å². The van der Waals surface area contributed by atoms with Gasteiger partial charge in [0.2, 0.25) is 0 Å². The van der Waals surface area contributed by atoms with Gasteiger partial charge < -0.3 is 9.64 Å². The third-order valence-electron chi connectivity index (χ3n) is 4.73. The van der Waals surface area contributed by atoms with E-state index in [1.54, 1.807) is 24.1 Å². The van der Waals surface area contributed by atoms with Gasteiger partial charge in [-0.15, -0.1) is 0 Å². The molecule has 1 fully saturated rings. The summed E-state index contributed by atoms with van der Waals surface area (Å²) in [4.78, 5) is 19.8. The number of amides is 1. The molecule has 28 heavy (non-hydrogen) atoms. The molecule has 2 aromatic rings. The monoisotopic (exact) mass is 404 g/mol. The summed E-state index contributed by atoms with van der Waals surface area (Å²) >= 11 is 0. The van der Waals surface area contributed by atoms with Crippen molar-refractivity contribution in [2.45, 2.75) is 30.3 Å². The Balaban J connectivity index is 1.85. The quantitative estimate of drug-likeness (QED) is 0.633. The van der Waals surface area contributed by atoms with Crippen LogP contribution in [-0.2, 0) is 21.4 Å². The van der Waals surface area contributed by atoms with Crippen molar-refractivity contribution < 1.29 is 22.8 Å². The Kier molecular flexibility index (Phi) is 6.02. The highest BCUT2D eigenvalue weighted by Crippen LogP contribution is 2.30. The average molecular weight is 404 g/mol. The topological polar surface area (TPSA) is 76.2 Å². The van der Waals surface area contributed by atoms with Crippen molar-refractivity contribution in [3.63, 3.8) is 0 Å². The lowest BCUT2D eigenvalue weighted by Crippen LogP contribution is -2.33. The number of carbonyl (C=O) groups excluding carboxylic acids is 1. The minimum atomic E-state index is -3.82. The van der Waals surface area contributed by atoms with Gasteiger partial charge in [-0.25, -0.2) is 8.42 Å². The Morgan fingerprint density at radius 3 is 2.36 bits per heavy atom. The molecule has 0 aliphatic heterocycles. The van der Waals surface area contributed by atoms with Crippen LogP contribution in [0.15, 0.2) is 53.4 Å². The normalized spacial score (nSPS) is 14.1. The highest BCUT2D eigenvalue weighted by atomic mass is 32.2. The molecule has 0 bridgehead atoms. The lowest BCUT2D eigenvalue weighted by Gasteiger charge is -2.23. The summed E-state index contributed by atoms with van der Waals surface area (Å²) < 4.78 is 30.9. The molecule has 1 amide bonds. The number of nitrogens with zero attached hydrogens (tertiary/aromatic N) is 2. The average Bonchev–Trinajstić information content (AvgIpc) is 3.56. The molecule has 0 spiro atoms. The van der Waals surface area contributed by atoms with Crippen molar-refractivity contribution >= 4 is 15.9 Å². The molecule has 1 aliphatic carbocycles. The Morgan fingerprint density at radius 2 is 1.79 bits per heavy atom. The molecule has 150 valence electrons. The first kappa shape index (κ1) is 20.3. The first-order chi connectivity index (χ1) is 13.4. The molecule has 0 aromatic heterocycles. The van der Waals surface area contributed by atoms with Crippen LogP contribution in [0.25, 0.3) is 0 Å². The number of hydrogen-bond acceptors (Lipinski definition) is 5. The third kappa shape index (κ3) is 4.35. The maximum absolute atomic E-state index is 13.1. The number of rotatable bonds is 8. The fraction of sp³-hybridized carbons (Fsp3) is 0.350. The molecule has 3 rings (SSSR count). The minimum absolute atomic E-state index is 0.0166. The molecule has 1 aliphatic rings. The van der Waals surface area contributed by atoms with E-state index in [0.29, 0.717) is 12.1 Å². The number of benzene rings is 2. The summed E-state index contributed by atoms with van der Waals surface area (Å²) in [6.07, 6.45) is 1.90. The lowest BCUT2D eigenvalue weighted by molar-refractivity contribution is -0.0258. The number of hydroxylamine groups is 1. The SMILES string of the molecule is COc1ccc(CN(C(=O)c2cccc(S(=O)(=O)N(C)OC)c2)C2CC2)cc1. The summed E-state index contributed by atoms with van der Waals surface area (Å²) in [7, 11) is 0.376. The van der Waals surface area contributed by atoms with Gasteiger partial charge in [0.05, 0.1) is 19.1 Å². The molecule has 0 radical (unpaired) electrons. The predicted molar refractivity (Wildman–Crippen MR) is 104 cm³/mol. The van der Waals surface area contributed by atoms with Crippen LogP contribution < -0.4 is 4.74 Å². The molecule has 0 N–H and O–H groups in total. The van der Waals surface area contributed by atoms with Crippen molar-refractivity contribution in [3.8, 4) is 5.75 Å². The second-order valence-corrected chi connectivity index (χ2v) is 8.57. The van der Waals surface area contributed by atoms with Crippen LogP contribution in [0.2, 0.25) is 0 Å². The lowest BCUT2D eigenvalue weighted by atomic mass is 10.1. The first-order valence-corrected chi connectivity index (χ1v) is 10.4. The van der Waals surface area contributed by atoms with Gasteiger partial charge in [0, 0.05) is 25.2 Å². The van der Waals surface area contributed by atoms with Crippen LogP contribution in [-0.4, -0.2) is 51.0 Å². The van der Waals surface area contributed by atoms with E-state index in [-0.39, 0.29) is 16.8 Å². The molecule has 1 saturated carbocycles. The highest BCUT2D eigenvalue weighted by molar-refractivity contribution is 7.89. The number of methoxy groups -OCH3 is 1. The number of hydrogen-bond donors (Lipinski definition) is 0. The van der Waals surface area contributed by atoms with Crippen molar-refractivity contribution in [2.24, 2.45) is 0 Å². The number of sulfonamides is 1. The van der Waals surface area contributed by atoms with Crippen molar-refractivity contribution in [1.82, 2.24) is 9.37 Å². The van der Waals surface area contributed by atoms with Crippen LogP contribution in [0.5, 0.6) is 5.75 Å². The summed E-state index contributed by atoms with van der Waals surface area (Å²) in [5.74, 6) is 0.573. The van der Waals surface area contributed by atoms with Gasteiger partial charge in [0.1, 0.15) is 5.75 Å². The van der Waals surface area contributed by atoms with Crippen molar-refractivity contribution in [3.05, 3.63) is 59.7 Å². The van der Waals surface area contributed by atoms with E-state index in [0.717, 1.165) is 28.6 Å².